The Balaban J connectivity index is 2.49. The van der Waals surface area contributed by atoms with Crippen molar-refractivity contribution in [3.8, 4) is 11.5 Å². The summed E-state index contributed by atoms with van der Waals surface area (Å²) in [5.41, 5.74) is 1.66. The van der Waals surface area contributed by atoms with E-state index in [0.717, 1.165) is 11.1 Å². The zero-order chi connectivity index (χ0) is 10.1. The first kappa shape index (κ1) is 9.58. The Kier molecular flexibility index (Phi) is 2.50. The van der Waals surface area contributed by atoms with Crippen LogP contribution in [0.4, 0.5) is 0 Å². The molecule has 1 aliphatic rings. The lowest BCUT2D eigenvalue weighted by Crippen LogP contribution is -2.00. The van der Waals surface area contributed by atoms with Crippen LogP contribution in [0.25, 0.3) is 0 Å². The van der Waals surface area contributed by atoms with E-state index >= 15 is 0 Å². The number of halogens is 1. The van der Waals surface area contributed by atoms with Crippen LogP contribution in [-0.4, -0.2) is 6.79 Å². The molecule has 1 aromatic carbocycles. The van der Waals surface area contributed by atoms with Gasteiger partial charge in [-0.05, 0) is 13.0 Å². The summed E-state index contributed by atoms with van der Waals surface area (Å²) >= 11 is 6.08. The van der Waals surface area contributed by atoms with Gasteiger partial charge in [-0.25, -0.2) is 5.90 Å². The molecule has 0 saturated heterocycles. The van der Waals surface area contributed by atoms with Crippen molar-refractivity contribution in [3.05, 3.63) is 22.2 Å². The van der Waals surface area contributed by atoms with Crippen LogP contribution in [0.2, 0.25) is 5.02 Å². The van der Waals surface area contributed by atoms with Crippen LogP contribution in [0.15, 0.2) is 6.07 Å². The third-order valence-corrected chi connectivity index (χ3v) is 2.66. The maximum Gasteiger partial charge on any atom is 0.231 e. The Bertz CT molecular complexity index is 368. The first-order valence-corrected chi connectivity index (χ1v) is 4.51. The van der Waals surface area contributed by atoms with Crippen LogP contribution in [0.3, 0.4) is 0 Å². The van der Waals surface area contributed by atoms with Crippen molar-refractivity contribution in [3.63, 3.8) is 0 Å². The molecule has 0 fully saturated rings. The minimum absolute atomic E-state index is 0.236. The first-order chi connectivity index (χ1) is 6.74. The van der Waals surface area contributed by atoms with Gasteiger partial charge in [0, 0.05) is 11.1 Å². The van der Waals surface area contributed by atoms with Crippen molar-refractivity contribution in [1.29, 1.82) is 0 Å². The summed E-state index contributed by atoms with van der Waals surface area (Å²) in [5.74, 6) is 6.39. The third-order valence-electron chi connectivity index (χ3n) is 2.14. The van der Waals surface area contributed by atoms with E-state index in [-0.39, 0.29) is 13.4 Å². The van der Waals surface area contributed by atoms with Gasteiger partial charge in [-0.1, -0.05) is 11.6 Å². The smallest absolute Gasteiger partial charge is 0.231 e. The SMILES string of the molecule is Cc1c(Cl)c(CON)cc2c1OCO2. The molecular weight excluding hydrogens is 206 g/mol. The quantitative estimate of drug-likeness (QED) is 0.764. The fourth-order valence-corrected chi connectivity index (χ4v) is 1.64. The van der Waals surface area contributed by atoms with Gasteiger partial charge in [-0.15, -0.1) is 0 Å². The van der Waals surface area contributed by atoms with E-state index in [0.29, 0.717) is 16.5 Å². The van der Waals surface area contributed by atoms with Gasteiger partial charge in [0.25, 0.3) is 0 Å². The number of hydrogen-bond acceptors (Lipinski definition) is 4. The highest BCUT2D eigenvalue weighted by Crippen LogP contribution is 2.41. The molecule has 1 heterocycles. The molecule has 0 aliphatic carbocycles. The van der Waals surface area contributed by atoms with Gasteiger partial charge >= 0.3 is 0 Å². The summed E-state index contributed by atoms with van der Waals surface area (Å²) < 4.78 is 10.5. The molecule has 14 heavy (non-hydrogen) atoms. The molecule has 5 heteroatoms. The largest absolute Gasteiger partial charge is 0.454 e. The van der Waals surface area contributed by atoms with Crippen molar-refractivity contribution < 1.29 is 14.3 Å². The Morgan fingerprint density at radius 2 is 2.36 bits per heavy atom. The van der Waals surface area contributed by atoms with Crippen LogP contribution in [0.1, 0.15) is 11.1 Å². The lowest BCUT2D eigenvalue weighted by molar-refractivity contribution is 0.124. The Hall–Kier alpha value is -0.970. The van der Waals surface area contributed by atoms with Gasteiger partial charge in [-0.2, -0.15) is 0 Å². The zero-order valence-electron chi connectivity index (χ0n) is 7.67. The predicted octanol–water partition coefficient (Wildman–Crippen LogP) is 1.77. The van der Waals surface area contributed by atoms with Gasteiger partial charge in [-0.3, -0.25) is 4.84 Å². The van der Waals surface area contributed by atoms with Gasteiger partial charge in [0.2, 0.25) is 6.79 Å². The molecule has 0 saturated carbocycles. The number of fused-ring (bicyclic) bond motifs is 1. The summed E-state index contributed by atoms with van der Waals surface area (Å²) in [6.07, 6.45) is 0. The standard InChI is InChI=1S/C9H10ClNO3/c1-5-8(10)6(3-14-11)2-7-9(5)13-4-12-7/h2H,3-4,11H2,1H3. The molecule has 0 aromatic heterocycles. The molecule has 0 spiro atoms. The second-order valence-corrected chi connectivity index (χ2v) is 3.40. The van der Waals surface area contributed by atoms with E-state index in [9.17, 15) is 0 Å². The van der Waals surface area contributed by atoms with Crippen LogP contribution < -0.4 is 15.4 Å². The number of benzene rings is 1. The van der Waals surface area contributed by atoms with E-state index in [2.05, 4.69) is 4.84 Å². The van der Waals surface area contributed by atoms with Crippen molar-refractivity contribution in [2.45, 2.75) is 13.5 Å². The monoisotopic (exact) mass is 215 g/mol. The maximum atomic E-state index is 6.08. The second kappa shape index (κ2) is 3.65. The molecule has 0 amide bonds. The van der Waals surface area contributed by atoms with Crippen molar-refractivity contribution in [2.24, 2.45) is 5.90 Å². The molecule has 76 valence electrons. The number of rotatable bonds is 2. The third kappa shape index (κ3) is 1.41. The first-order valence-electron chi connectivity index (χ1n) is 4.13. The number of hydrogen-bond donors (Lipinski definition) is 1. The van der Waals surface area contributed by atoms with Gasteiger partial charge in [0.1, 0.15) is 0 Å². The van der Waals surface area contributed by atoms with E-state index in [1.165, 1.54) is 0 Å². The highest BCUT2D eigenvalue weighted by molar-refractivity contribution is 6.32. The van der Waals surface area contributed by atoms with Crippen molar-refractivity contribution >= 4 is 11.6 Å². The molecule has 0 atom stereocenters. The number of nitrogens with two attached hydrogens (primary N) is 1. The average Bonchev–Trinajstić information content (AvgIpc) is 2.62. The highest BCUT2D eigenvalue weighted by Gasteiger charge is 2.20. The summed E-state index contributed by atoms with van der Waals surface area (Å²) in [4.78, 5) is 4.54. The molecule has 0 bridgehead atoms. The van der Waals surface area contributed by atoms with Gasteiger partial charge in [0.05, 0.1) is 11.6 Å². The van der Waals surface area contributed by atoms with Crippen LogP contribution >= 0.6 is 11.6 Å². The summed E-state index contributed by atoms with van der Waals surface area (Å²) in [6, 6.07) is 1.78. The average molecular weight is 216 g/mol. The molecular formula is C9H10ClNO3. The predicted molar refractivity (Wildman–Crippen MR) is 51.3 cm³/mol. The fourth-order valence-electron chi connectivity index (χ4n) is 1.45. The maximum absolute atomic E-state index is 6.08. The summed E-state index contributed by atoms with van der Waals surface area (Å²) in [6.45, 7) is 2.37. The van der Waals surface area contributed by atoms with Gasteiger partial charge in [0.15, 0.2) is 11.5 Å². The molecule has 1 aromatic rings. The number of ether oxygens (including phenoxy) is 2. The Morgan fingerprint density at radius 3 is 3.07 bits per heavy atom. The van der Waals surface area contributed by atoms with Crippen molar-refractivity contribution in [1.82, 2.24) is 0 Å². The van der Waals surface area contributed by atoms with Crippen LogP contribution in [0, 0.1) is 6.92 Å². The van der Waals surface area contributed by atoms with E-state index in [4.69, 9.17) is 27.0 Å². The van der Waals surface area contributed by atoms with E-state index in [1.54, 1.807) is 6.07 Å². The molecule has 4 nitrogen and oxygen atoms in total. The summed E-state index contributed by atoms with van der Waals surface area (Å²) in [5, 5.41) is 0.611. The second-order valence-electron chi connectivity index (χ2n) is 3.02. The molecule has 0 unspecified atom stereocenters. The molecule has 2 N–H and O–H groups in total. The van der Waals surface area contributed by atoms with Crippen LogP contribution in [-0.2, 0) is 11.4 Å². The Labute approximate surface area is 86.5 Å². The van der Waals surface area contributed by atoms with Crippen molar-refractivity contribution in [2.75, 3.05) is 6.79 Å². The Morgan fingerprint density at radius 1 is 1.57 bits per heavy atom. The highest BCUT2D eigenvalue weighted by atomic mass is 35.5. The molecule has 2 rings (SSSR count). The molecule has 1 aliphatic heterocycles. The zero-order valence-corrected chi connectivity index (χ0v) is 8.43. The topological polar surface area (TPSA) is 53.7 Å². The van der Waals surface area contributed by atoms with E-state index < -0.39 is 0 Å². The fraction of sp³-hybridized carbons (Fsp3) is 0.333. The lowest BCUT2D eigenvalue weighted by atomic mass is 10.1. The molecule has 0 radical (unpaired) electrons. The normalized spacial score (nSPS) is 13.4. The minimum atomic E-state index is 0.236. The van der Waals surface area contributed by atoms with E-state index in [1.807, 2.05) is 6.92 Å². The van der Waals surface area contributed by atoms with Crippen LogP contribution in [0.5, 0.6) is 11.5 Å². The minimum Gasteiger partial charge on any atom is -0.454 e. The summed E-state index contributed by atoms with van der Waals surface area (Å²) in [7, 11) is 0. The lowest BCUT2D eigenvalue weighted by Gasteiger charge is -2.08. The van der Waals surface area contributed by atoms with Gasteiger partial charge < -0.3 is 9.47 Å².